The van der Waals surface area contributed by atoms with Crippen molar-refractivity contribution in [2.24, 2.45) is 0 Å². The standard InChI is InChI=1S/C17H16O5/c1-21-13-6-3-11(17(10-13)22-2)4-7-14(18)12-5-8-15(19)16(20)9-12/h3-10,19-20H,1-2H3/b7-4+. The van der Waals surface area contributed by atoms with Crippen molar-refractivity contribution in [3.63, 3.8) is 0 Å². The fourth-order valence-electron chi connectivity index (χ4n) is 1.89. The lowest BCUT2D eigenvalue weighted by molar-refractivity contribution is 0.104. The van der Waals surface area contributed by atoms with Crippen LogP contribution >= 0.6 is 0 Å². The third kappa shape index (κ3) is 3.38. The fourth-order valence-corrected chi connectivity index (χ4v) is 1.89. The molecular weight excluding hydrogens is 284 g/mol. The van der Waals surface area contributed by atoms with E-state index in [1.165, 1.54) is 31.4 Å². The number of phenols is 2. The van der Waals surface area contributed by atoms with Gasteiger partial charge in [0, 0.05) is 17.2 Å². The number of phenolic OH excluding ortho intramolecular Hbond substituents is 2. The smallest absolute Gasteiger partial charge is 0.185 e. The molecule has 0 bridgehead atoms. The molecule has 0 atom stereocenters. The van der Waals surface area contributed by atoms with Crippen molar-refractivity contribution in [1.82, 2.24) is 0 Å². The summed E-state index contributed by atoms with van der Waals surface area (Å²) in [5.74, 6) is 0.340. The molecule has 0 unspecified atom stereocenters. The third-order valence-electron chi connectivity index (χ3n) is 3.11. The van der Waals surface area contributed by atoms with Crippen LogP contribution in [0.4, 0.5) is 0 Å². The van der Waals surface area contributed by atoms with Crippen molar-refractivity contribution >= 4 is 11.9 Å². The SMILES string of the molecule is COc1ccc(/C=C/C(=O)c2ccc(O)c(O)c2)c(OC)c1. The molecule has 0 fully saturated rings. The van der Waals surface area contributed by atoms with E-state index in [2.05, 4.69) is 0 Å². The van der Waals surface area contributed by atoms with Crippen LogP contribution in [0, 0.1) is 0 Å². The summed E-state index contributed by atoms with van der Waals surface area (Å²) < 4.78 is 10.4. The lowest BCUT2D eigenvalue weighted by Gasteiger charge is -2.07. The molecule has 2 rings (SSSR count). The first kappa shape index (κ1) is 15.4. The van der Waals surface area contributed by atoms with Crippen LogP contribution in [0.3, 0.4) is 0 Å². The van der Waals surface area contributed by atoms with E-state index in [0.29, 0.717) is 11.5 Å². The van der Waals surface area contributed by atoms with E-state index in [4.69, 9.17) is 9.47 Å². The zero-order valence-corrected chi connectivity index (χ0v) is 12.2. The quantitative estimate of drug-likeness (QED) is 0.504. The predicted molar refractivity (Wildman–Crippen MR) is 82.7 cm³/mol. The summed E-state index contributed by atoms with van der Waals surface area (Å²) in [7, 11) is 3.09. The monoisotopic (exact) mass is 300 g/mol. The molecule has 5 heteroatoms. The Morgan fingerprint density at radius 2 is 1.77 bits per heavy atom. The number of carbonyl (C=O) groups is 1. The average Bonchev–Trinajstić information content (AvgIpc) is 2.54. The maximum absolute atomic E-state index is 12.1. The third-order valence-corrected chi connectivity index (χ3v) is 3.11. The summed E-state index contributed by atoms with van der Waals surface area (Å²) in [4.78, 5) is 12.1. The summed E-state index contributed by atoms with van der Waals surface area (Å²) in [6.07, 6.45) is 2.99. The van der Waals surface area contributed by atoms with Gasteiger partial charge in [-0.25, -0.2) is 0 Å². The molecule has 2 N–H and O–H groups in total. The largest absolute Gasteiger partial charge is 0.504 e. The first-order valence-electron chi connectivity index (χ1n) is 6.51. The number of carbonyl (C=O) groups excluding carboxylic acids is 1. The summed E-state index contributed by atoms with van der Waals surface area (Å²) in [5.41, 5.74) is 0.999. The minimum atomic E-state index is -0.332. The number of hydrogen-bond donors (Lipinski definition) is 2. The summed E-state index contributed by atoms with van der Waals surface area (Å²) in [6, 6.07) is 9.18. The lowest BCUT2D eigenvalue weighted by Crippen LogP contribution is -1.94. The molecule has 0 saturated heterocycles. The van der Waals surface area contributed by atoms with Crippen molar-refractivity contribution in [2.45, 2.75) is 0 Å². The topological polar surface area (TPSA) is 76.0 Å². The molecule has 0 radical (unpaired) electrons. The second-order valence-corrected chi connectivity index (χ2v) is 4.51. The number of ether oxygens (including phenoxy) is 2. The van der Waals surface area contributed by atoms with Crippen LogP contribution in [0.15, 0.2) is 42.5 Å². The maximum Gasteiger partial charge on any atom is 0.185 e. The zero-order chi connectivity index (χ0) is 16.1. The van der Waals surface area contributed by atoms with Gasteiger partial charge in [0.15, 0.2) is 17.3 Å². The highest BCUT2D eigenvalue weighted by Crippen LogP contribution is 2.27. The van der Waals surface area contributed by atoms with Crippen LogP contribution in [-0.4, -0.2) is 30.2 Å². The zero-order valence-electron chi connectivity index (χ0n) is 12.2. The number of methoxy groups -OCH3 is 2. The Morgan fingerprint density at radius 1 is 1.00 bits per heavy atom. The van der Waals surface area contributed by atoms with E-state index in [-0.39, 0.29) is 22.8 Å². The van der Waals surface area contributed by atoms with Crippen molar-refractivity contribution in [1.29, 1.82) is 0 Å². The first-order valence-corrected chi connectivity index (χ1v) is 6.51. The van der Waals surface area contributed by atoms with Gasteiger partial charge in [-0.1, -0.05) is 0 Å². The van der Waals surface area contributed by atoms with E-state index in [1.807, 2.05) is 0 Å². The molecule has 0 aliphatic carbocycles. The number of benzene rings is 2. The van der Waals surface area contributed by atoms with Crippen molar-refractivity contribution in [3.05, 3.63) is 53.6 Å². The van der Waals surface area contributed by atoms with Gasteiger partial charge in [-0.05, 0) is 42.5 Å². The molecule has 0 spiro atoms. The Morgan fingerprint density at radius 3 is 2.41 bits per heavy atom. The maximum atomic E-state index is 12.1. The van der Waals surface area contributed by atoms with E-state index in [0.717, 1.165) is 5.56 Å². The number of hydrogen-bond acceptors (Lipinski definition) is 5. The molecule has 0 heterocycles. The number of aromatic hydroxyl groups is 2. The van der Waals surface area contributed by atoms with Gasteiger partial charge in [0.2, 0.25) is 0 Å². The molecule has 2 aromatic carbocycles. The summed E-state index contributed by atoms with van der Waals surface area (Å²) >= 11 is 0. The van der Waals surface area contributed by atoms with Crippen LogP contribution < -0.4 is 9.47 Å². The Labute approximate surface area is 128 Å². The Kier molecular flexibility index (Phi) is 4.68. The molecule has 114 valence electrons. The van der Waals surface area contributed by atoms with Gasteiger partial charge in [0.1, 0.15) is 11.5 Å². The first-order chi connectivity index (χ1) is 10.5. The van der Waals surface area contributed by atoms with Gasteiger partial charge in [-0.2, -0.15) is 0 Å². The normalized spacial score (nSPS) is 10.6. The van der Waals surface area contributed by atoms with Gasteiger partial charge < -0.3 is 19.7 Å². The van der Waals surface area contributed by atoms with Crippen LogP contribution in [0.5, 0.6) is 23.0 Å². The van der Waals surface area contributed by atoms with E-state index >= 15 is 0 Å². The minimum Gasteiger partial charge on any atom is -0.504 e. The number of ketones is 1. The molecule has 22 heavy (non-hydrogen) atoms. The van der Waals surface area contributed by atoms with Gasteiger partial charge >= 0.3 is 0 Å². The van der Waals surface area contributed by atoms with Crippen molar-refractivity contribution in [2.75, 3.05) is 14.2 Å². The molecular formula is C17H16O5. The Balaban J connectivity index is 2.24. The van der Waals surface area contributed by atoms with Gasteiger partial charge in [0.05, 0.1) is 14.2 Å². The highest BCUT2D eigenvalue weighted by molar-refractivity contribution is 6.07. The molecule has 0 aliphatic rings. The minimum absolute atomic E-state index is 0.266. The van der Waals surface area contributed by atoms with E-state index < -0.39 is 0 Å². The van der Waals surface area contributed by atoms with Crippen LogP contribution in [-0.2, 0) is 0 Å². The molecule has 0 amide bonds. The van der Waals surface area contributed by atoms with Gasteiger partial charge in [0.25, 0.3) is 0 Å². The highest BCUT2D eigenvalue weighted by atomic mass is 16.5. The molecule has 5 nitrogen and oxygen atoms in total. The number of rotatable bonds is 5. The van der Waals surface area contributed by atoms with E-state index in [1.54, 1.807) is 31.4 Å². The van der Waals surface area contributed by atoms with Crippen molar-refractivity contribution < 1.29 is 24.5 Å². The molecule has 2 aromatic rings. The summed E-state index contributed by atoms with van der Waals surface area (Å²) in [5, 5.41) is 18.7. The predicted octanol–water partition coefficient (Wildman–Crippen LogP) is 3.01. The summed E-state index contributed by atoms with van der Waals surface area (Å²) in [6.45, 7) is 0. The number of allylic oxidation sites excluding steroid dienone is 1. The van der Waals surface area contributed by atoms with Crippen molar-refractivity contribution in [3.8, 4) is 23.0 Å². The Hall–Kier alpha value is -2.95. The van der Waals surface area contributed by atoms with E-state index in [9.17, 15) is 15.0 Å². The molecule has 0 saturated carbocycles. The lowest BCUT2D eigenvalue weighted by atomic mass is 10.1. The van der Waals surface area contributed by atoms with Crippen LogP contribution in [0.2, 0.25) is 0 Å². The van der Waals surface area contributed by atoms with Crippen LogP contribution in [0.1, 0.15) is 15.9 Å². The van der Waals surface area contributed by atoms with Gasteiger partial charge in [-0.15, -0.1) is 0 Å². The highest BCUT2D eigenvalue weighted by Gasteiger charge is 2.07. The van der Waals surface area contributed by atoms with Gasteiger partial charge in [-0.3, -0.25) is 4.79 Å². The molecule has 0 aliphatic heterocycles. The second kappa shape index (κ2) is 6.67. The second-order valence-electron chi connectivity index (χ2n) is 4.51. The average molecular weight is 300 g/mol. The molecule has 0 aromatic heterocycles. The van der Waals surface area contributed by atoms with Crippen LogP contribution in [0.25, 0.3) is 6.08 Å². The Bertz CT molecular complexity index is 719. The fraction of sp³-hybridized carbons (Fsp3) is 0.118.